The number of amides is 2. The van der Waals surface area contributed by atoms with Crippen LogP contribution >= 0.6 is 0 Å². The Balaban J connectivity index is 2.10. The highest BCUT2D eigenvalue weighted by Crippen LogP contribution is 2.37. The Hall–Kier alpha value is -3.90. The molecule has 1 aromatic heterocycles. The number of hydrogen-bond acceptors (Lipinski definition) is 7. The molecule has 2 amide bonds. The van der Waals surface area contributed by atoms with Gasteiger partial charge in [0, 0.05) is 26.8 Å². The van der Waals surface area contributed by atoms with Gasteiger partial charge in [-0.05, 0) is 54.7 Å². The summed E-state index contributed by atoms with van der Waals surface area (Å²) in [6, 6.07) is 2.75. The molecule has 2 heterocycles. The lowest BCUT2D eigenvalue weighted by molar-refractivity contribution is 0.0655. The van der Waals surface area contributed by atoms with E-state index in [4.69, 9.17) is 13.9 Å². The summed E-state index contributed by atoms with van der Waals surface area (Å²) in [5.74, 6) is 0.147. The highest BCUT2D eigenvalue weighted by Gasteiger charge is 2.39. The van der Waals surface area contributed by atoms with Gasteiger partial charge in [0.1, 0.15) is 12.4 Å². The largest absolute Gasteiger partial charge is 0.496 e. The maximum atomic E-state index is 14.3. The van der Waals surface area contributed by atoms with Crippen molar-refractivity contribution < 1.29 is 23.5 Å². The number of aryl methyl sites for hydroxylation is 2. The monoisotopic (exact) mass is 612 g/mol. The van der Waals surface area contributed by atoms with Crippen molar-refractivity contribution in [1.29, 1.82) is 0 Å². The van der Waals surface area contributed by atoms with E-state index in [2.05, 4.69) is 45.8 Å². The first-order valence-corrected chi connectivity index (χ1v) is 17.1. The second kappa shape index (κ2) is 13.2. The number of carbonyl (C=O) groups excluding carboxylic acids is 2. The lowest BCUT2D eigenvalue weighted by atomic mass is 9.96. The van der Waals surface area contributed by atoms with E-state index >= 15 is 0 Å². The molecule has 1 aliphatic rings. The van der Waals surface area contributed by atoms with Gasteiger partial charge in [-0.2, -0.15) is 0 Å². The first kappa shape index (κ1) is 33.6. The Morgan fingerprint density at radius 3 is 2.47 bits per heavy atom. The van der Waals surface area contributed by atoms with Gasteiger partial charge in [0.25, 0.3) is 11.5 Å². The summed E-state index contributed by atoms with van der Waals surface area (Å²) in [7, 11) is 2.35. The van der Waals surface area contributed by atoms with Crippen LogP contribution in [0.4, 0.5) is 10.5 Å². The van der Waals surface area contributed by atoms with E-state index < -0.39 is 31.7 Å². The van der Waals surface area contributed by atoms with Gasteiger partial charge in [0.2, 0.25) is 0 Å². The minimum absolute atomic E-state index is 0.0152. The predicted molar refractivity (Wildman–Crippen MR) is 170 cm³/mol. The summed E-state index contributed by atoms with van der Waals surface area (Å²) in [6.45, 7) is 16.6. The Kier molecular flexibility index (Phi) is 10.3. The lowest BCUT2D eigenvalue weighted by Crippen LogP contribution is -2.49. The number of ether oxygens (including phenoxy) is 2. The third-order valence-corrected chi connectivity index (χ3v) is 12.7. The number of rotatable bonds is 9. The molecule has 1 N–H and O–H groups in total. The van der Waals surface area contributed by atoms with Crippen molar-refractivity contribution in [2.75, 3.05) is 32.2 Å². The summed E-state index contributed by atoms with van der Waals surface area (Å²) < 4.78 is 19.6. The van der Waals surface area contributed by atoms with E-state index in [9.17, 15) is 19.2 Å². The van der Waals surface area contributed by atoms with E-state index in [0.29, 0.717) is 17.7 Å². The van der Waals surface area contributed by atoms with Crippen LogP contribution in [0.5, 0.6) is 5.75 Å². The van der Waals surface area contributed by atoms with Crippen LogP contribution in [0.2, 0.25) is 18.1 Å². The molecular weight excluding hydrogens is 568 g/mol. The number of anilines is 1. The Bertz CT molecular complexity index is 1550. The molecule has 234 valence electrons. The molecule has 3 rings (SSSR count). The highest BCUT2D eigenvalue weighted by molar-refractivity contribution is 6.74. The van der Waals surface area contributed by atoms with Crippen LogP contribution < -0.4 is 21.3 Å². The van der Waals surface area contributed by atoms with Gasteiger partial charge in [-0.25, -0.2) is 9.59 Å². The maximum absolute atomic E-state index is 14.3. The summed E-state index contributed by atoms with van der Waals surface area (Å²) in [5, 5.41) is 2.61. The molecule has 1 atom stereocenters. The smallest absolute Gasteiger partial charge is 0.411 e. The standard InChI is InChI=1S/C31H44N4O7Si/c1-11-14-41-29(38)32-25-15-20(2)26(40-8)17-23(25)28(37)35-13-12-21(24-18-33(6)30(39)34(7)27(24)36)16-22(35)19-42-43(9,10)31(3,4)5/h11,15-18,22H,1,12-14,19H2,2-10H3,(H,32,38)/t22-/m0/s1. The van der Waals surface area contributed by atoms with Gasteiger partial charge in [0.05, 0.1) is 36.6 Å². The van der Waals surface area contributed by atoms with Crippen LogP contribution in [0.3, 0.4) is 0 Å². The first-order valence-electron chi connectivity index (χ1n) is 14.2. The summed E-state index contributed by atoms with van der Waals surface area (Å²) >= 11 is 0. The molecule has 12 heteroatoms. The fourth-order valence-electron chi connectivity index (χ4n) is 4.59. The molecule has 43 heavy (non-hydrogen) atoms. The SMILES string of the molecule is C=CCOC(=O)Nc1cc(C)c(OC)cc1C(=O)N1CCC(c2cn(C)c(=O)n(C)c2=O)=C[C@H]1CO[Si](C)(C)C(C)(C)C. The Morgan fingerprint density at radius 1 is 1.19 bits per heavy atom. The van der Waals surface area contributed by atoms with Crippen LogP contribution in [0.1, 0.15) is 48.7 Å². The fraction of sp³-hybridized carbons (Fsp3) is 0.484. The van der Waals surface area contributed by atoms with Gasteiger partial charge in [-0.15, -0.1) is 0 Å². The van der Waals surface area contributed by atoms with Crippen molar-refractivity contribution in [1.82, 2.24) is 14.0 Å². The van der Waals surface area contributed by atoms with Gasteiger partial charge in [-0.1, -0.05) is 39.5 Å². The van der Waals surface area contributed by atoms with Gasteiger partial charge >= 0.3 is 11.8 Å². The first-order chi connectivity index (χ1) is 20.0. The van der Waals surface area contributed by atoms with E-state index in [1.807, 2.05) is 13.0 Å². The molecule has 0 saturated heterocycles. The summed E-state index contributed by atoms with van der Waals surface area (Å²) in [5.41, 5.74) is 1.55. The van der Waals surface area contributed by atoms with Crippen molar-refractivity contribution >= 4 is 31.6 Å². The number of benzene rings is 1. The molecule has 0 aliphatic carbocycles. The maximum Gasteiger partial charge on any atom is 0.411 e. The zero-order valence-corrected chi connectivity index (χ0v) is 27.7. The van der Waals surface area contributed by atoms with Crippen molar-refractivity contribution in [3.8, 4) is 5.75 Å². The third kappa shape index (κ3) is 7.37. The Labute approximate surface area is 253 Å². The minimum atomic E-state index is -2.22. The van der Waals surface area contributed by atoms with Crippen LogP contribution in [0, 0.1) is 6.92 Å². The molecule has 1 aliphatic heterocycles. The van der Waals surface area contributed by atoms with Gasteiger partial charge in [0.15, 0.2) is 8.32 Å². The van der Waals surface area contributed by atoms with E-state index in [1.165, 1.54) is 24.8 Å². The zero-order chi connectivity index (χ0) is 32.3. The quantitative estimate of drug-likeness (QED) is 0.328. The van der Waals surface area contributed by atoms with E-state index in [-0.39, 0.29) is 42.0 Å². The molecule has 2 aromatic rings. The van der Waals surface area contributed by atoms with Crippen LogP contribution in [0.25, 0.3) is 5.57 Å². The van der Waals surface area contributed by atoms with Crippen LogP contribution in [0.15, 0.2) is 46.6 Å². The van der Waals surface area contributed by atoms with Crippen molar-refractivity contribution in [3.63, 3.8) is 0 Å². The summed E-state index contributed by atoms with van der Waals surface area (Å²) in [6.07, 6.45) is 4.53. The molecule has 0 bridgehead atoms. The Morgan fingerprint density at radius 2 is 1.86 bits per heavy atom. The second-order valence-electron chi connectivity index (χ2n) is 12.3. The highest BCUT2D eigenvalue weighted by atomic mass is 28.4. The fourth-order valence-corrected chi connectivity index (χ4v) is 5.61. The molecule has 0 spiro atoms. The predicted octanol–water partition coefficient (Wildman–Crippen LogP) is 4.46. The molecule has 1 aromatic carbocycles. The number of hydrogen-bond donors (Lipinski definition) is 1. The average molecular weight is 613 g/mol. The van der Waals surface area contributed by atoms with Crippen LogP contribution in [-0.4, -0.2) is 67.3 Å². The molecule has 0 radical (unpaired) electrons. The van der Waals surface area contributed by atoms with Crippen LogP contribution in [-0.2, 0) is 23.3 Å². The minimum Gasteiger partial charge on any atom is -0.496 e. The molecule has 0 saturated carbocycles. The summed E-state index contributed by atoms with van der Waals surface area (Å²) in [4.78, 5) is 53.8. The molecule has 0 fully saturated rings. The zero-order valence-electron chi connectivity index (χ0n) is 26.7. The van der Waals surface area contributed by atoms with Crippen molar-refractivity contribution in [3.05, 3.63) is 74.6 Å². The van der Waals surface area contributed by atoms with E-state index in [1.54, 1.807) is 30.3 Å². The third-order valence-electron chi connectivity index (χ3n) is 8.22. The lowest BCUT2D eigenvalue weighted by Gasteiger charge is -2.40. The number of carbonyl (C=O) groups is 2. The topological polar surface area (TPSA) is 121 Å². The van der Waals surface area contributed by atoms with Crippen molar-refractivity contribution in [2.24, 2.45) is 14.1 Å². The number of methoxy groups -OCH3 is 1. The van der Waals surface area contributed by atoms with Gasteiger partial charge < -0.3 is 23.4 Å². The number of aromatic nitrogens is 2. The van der Waals surface area contributed by atoms with E-state index in [0.717, 1.165) is 15.7 Å². The molecule has 0 unspecified atom stereocenters. The molecular formula is C31H44N4O7Si. The average Bonchev–Trinajstić information content (AvgIpc) is 2.94. The molecule has 11 nitrogen and oxygen atoms in total. The normalized spacial score (nSPS) is 15.5. The van der Waals surface area contributed by atoms with Crippen molar-refractivity contribution in [2.45, 2.75) is 58.3 Å². The van der Waals surface area contributed by atoms with Gasteiger partial charge in [-0.3, -0.25) is 19.5 Å². The number of nitrogens with zero attached hydrogens (tertiary/aromatic N) is 3. The second-order valence-corrected chi connectivity index (χ2v) is 17.1. The number of nitrogens with one attached hydrogen (secondary N) is 1.